The van der Waals surface area contributed by atoms with Crippen molar-refractivity contribution in [3.8, 4) is 0 Å². The molecule has 0 radical (unpaired) electrons. The van der Waals surface area contributed by atoms with Gasteiger partial charge in [0.2, 0.25) is 0 Å². The molecule has 0 saturated heterocycles. The Morgan fingerprint density at radius 1 is 1.45 bits per heavy atom. The van der Waals surface area contributed by atoms with Gasteiger partial charge in [0.15, 0.2) is 0 Å². The summed E-state index contributed by atoms with van der Waals surface area (Å²) in [6, 6.07) is 0. The summed E-state index contributed by atoms with van der Waals surface area (Å²) in [4.78, 5) is 10.2. The van der Waals surface area contributed by atoms with Crippen LogP contribution in [0.5, 0.6) is 0 Å². The van der Waals surface area contributed by atoms with E-state index in [1.165, 1.54) is 12.8 Å². The van der Waals surface area contributed by atoms with Gasteiger partial charge < -0.3 is 0 Å². The van der Waals surface area contributed by atoms with Crippen molar-refractivity contribution in [2.45, 2.75) is 40.0 Å². The first-order valence-corrected chi connectivity index (χ1v) is 4.28. The van der Waals surface area contributed by atoms with Gasteiger partial charge in [0.05, 0.1) is 0 Å². The fraction of sp³-hybridized carbons (Fsp3) is 0.700. The summed E-state index contributed by atoms with van der Waals surface area (Å²) < 4.78 is 0. The van der Waals surface area contributed by atoms with Crippen molar-refractivity contribution in [2.75, 3.05) is 0 Å². The molecule has 0 bridgehead atoms. The molecule has 1 nitrogen and oxygen atoms in total. The monoisotopic (exact) mass is 154 g/mol. The highest BCUT2D eigenvalue weighted by molar-refractivity contribution is 5.71. The lowest BCUT2D eigenvalue weighted by atomic mass is 10.1. The number of unbranched alkanes of at least 4 members (excludes halogenated alkanes) is 1. The zero-order chi connectivity index (χ0) is 8.69. The van der Waals surface area contributed by atoms with Crippen molar-refractivity contribution >= 4 is 6.29 Å². The van der Waals surface area contributed by atoms with Crippen LogP contribution in [-0.2, 0) is 4.79 Å². The minimum absolute atomic E-state index is 0.778. The van der Waals surface area contributed by atoms with Gasteiger partial charge in [-0.05, 0) is 31.3 Å². The molecule has 0 atom stereocenters. The number of aldehydes is 1. The summed E-state index contributed by atoms with van der Waals surface area (Å²) in [6.45, 7) is 6.29. The number of carbonyl (C=O) groups excluding carboxylic acids is 1. The predicted molar refractivity (Wildman–Crippen MR) is 48.5 cm³/mol. The standard InChI is InChI=1S/C10H18O/c1-9(2)6-4-5-7-10(3)8-11/h7-9H,4-6H2,1-3H3/b10-7+. The Hall–Kier alpha value is -0.590. The van der Waals surface area contributed by atoms with Crippen LogP contribution < -0.4 is 0 Å². The lowest BCUT2D eigenvalue weighted by molar-refractivity contribution is -0.104. The SMILES string of the molecule is C/C(C=O)=C\CCCC(C)C. The van der Waals surface area contributed by atoms with Crippen LogP contribution >= 0.6 is 0 Å². The third kappa shape index (κ3) is 7.31. The molecule has 0 heterocycles. The molecule has 0 rings (SSSR count). The van der Waals surface area contributed by atoms with E-state index in [1.54, 1.807) is 0 Å². The second-order valence-corrected chi connectivity index (χ2v) is 3.39. The number of rotatable bonds is 5. The summed E-state index contributed by atoms with van der Waals surface area (Å²) in [5, 5.41) is 0. The second-order valence-electron chi connectivity index (χ2n) is 3.39. The Morgan fingerprint density at radius 3 is 2.55 bits per heavy atom. The van der Waals surface area contributed by atoms with Crippen molar-refractivity contribution in [2.24, 2.45) is 5.92 Å². The smallest absolute Gasteiger partial charge is 0.145 e. The molecule has 0 saturated carbocycles. The number of carbonyl (C=O) groups is 1. The van der Waals surface area contributed by atoms with Crippen LogP contribution in [-0.4, -0.2) is 6.29 Å². The highest BCUT2D eigenvalue weighted by Gasteiger charge is 1.91. The summed E-state index contributed by atoms with van der Waals surface area (Å²) >= 11 is 0. The third-order valence-electron chi connectivity index (χ3n) is 1.64. The summed E-state index contributed by atoms with van der Waals surface area (Å²) in [7, 11) is 0. The molecule has 11 heavy (non-hydrogen) atoms. The van der Waals surface area contributed by atoms with E-state index in [1.807, 2.05) is 13.0 Å². The highest BCUT2D eigenvalue weighted by atomic mass is 16.1. The van der Waals surface area contributed by atoms with Gasteiger partial charge in [-0.3, -0.25) is 4.79 Å². The van der Waals surface area contributed by atoms with Crippen LogP contribution in [0.1, 0.15) is 40.0 Å². The molecular weight excluding hydrogens is 136 g/mol. The quantitative estimate of drug-likeness (QED) is 0.338. The van der Waals surface area contributed by atoms with Gasteiger partial charge >= 0.3 is 0 Å². The Morgan fingerprint density at radius 2 is 2.09 bits per heavy atom. The Labute approximate surface area is 69.5 Å². The summed E-state index contributed by atoms with van der Waals surface area (Å²) in [5.41, 5.74) is 0.855. The van der Waals surface area contributed by atoms with Gasteiger partial charge in [-0.15, -0.1) is 0 Å². The van der Waals surface area contributed by atoms with Crippen molar-refractivity contribution in [3.63, 3.8) is 0 Å². The highest BCUT2D eigenvalue weighted by Crippen LogP contribution is 2.07. The van der Waals surface area contributed by atoms with E-state index in [9.17, 15) is 4.79 Å². The summed E-state index contributed by atoms with van der Waals surface area (Å²) in [5.74, 6) is 0.778. The third-order valence-corrected chi connectivity index (χ3v) is 1.64. The Kier molecular flexibility index (Phi) is 5.81. The van der Waals surface area contributed by atoms with Gasteiger partial charge in [0, 0.05) is 0 Å². The first-order valence-electron chi connectivity index (χ1n) is 4.28. The predicted octanol–water partition coefficient (Wildman–Crippen LogP) is 2.96. The topological polar surface area (TPSA) is 17.1 Å². The minimum atomic E-state index is 0.778. The Balaban J connectivity index is 3.33. The number of allylic oxidation sites excluding steroid dienone is 2. The molecule has 0 amide bonds. The zero-order valence-electron chi connectivity index (χ0n) is 7.76. The van der Waals surface area contributed by atoms with Crippen LogP contribution in [0.4, 0.5) is 0 Å². The molecule has 0 aromatic rings. The van der Waals surface area contributed by atoms with Crippen LogP contribution in [0.2, 0.25) is 0 Å². The first kappa shape index (κ1) is 10.4. The van der Waals surface area contributed by atoms with Crippen molar-refractivity contribution in [1.29, 1.82) is 0 Å². The lowest BCUT2D eigenvalue weighted by Crippen LogP contribution is -1.86. The molecule has 0 N–H and O–H groups in total. The van der Waals surface area contributed by atoms with Crippen LogP contribution in [0.3, 0.4) is 0 Å². The fourth-order valence-electron chi connectivity index (χ4n) is 0.904. The molecule has 0 fully saturated rings. The van der Waals surface area contributed by atoms with Gasteiger partial charge in [-0.25, -0.2) is 0 Å². The molecular formula is C10H18O. The number of hydrogen-bond donors (Lipinski definition) is 0. The molecule has 0 aromatic heterocycles. The minimum Gasteiger partial charge on any atom is -0.298 e. The molecule has 0 aliphatic heterocycles. The molecule has 0 unspecified atom stereocenters. The molecule has 0 aromatic carbocycles. The normalized spacial score (nSPS) is 12.2. The second kappa shape index (κ2) is 6.14. The Bertz CT molecular complexity index is 134. The molecule has 0 spiro atoms. The van der Waals surface area contributed by atoms with Crippen LogP contribution in [0.15, 0.2) is 11.6 Å². The maximum atomic E-state index is 10.2. The largest absolute Gasteiger partial charge is 0.298 e. The van der Waals surface area contributed by atoms with E-state index in [-0.39, 0.29) is 0 Å². The molecule has 0 aliphatic rings. The van der Waals surface area contributed by atoms with Gasteiger partial charge in [-0.1, -0.05) is 26.3 Å². The molecule has 64 valence electrons. The maximum absolute atomic E-state index is 10.2. The summed E-state index contributed by atoms with van der Waals surface area (Å²) in [6.07, 6.45) is 6.42. The van der Waals surface area contributed by atoms with E-state index in [0.717, 1.165) is 24.2 Å². The average molecular weight is 154 g/mol. The maximum Gasteiger partial charge on any atom is 0.145 e. The first-order chi connectivity index (χ1) is 5.16. The van der Waals surface area contributed by atoms with E-state index in [2.05, 4.69) is 13.8 Å². The molecule has 0 aliphatic carbocycles. The fourth-order valence-corrected chi connectivity index (χ4v) is 0.904. The van der Waals surface area contributed by atoms with E-state index in [0.29, 0.717) is 0 Å². The van der Waals surface area contributed by atoms with Crippen LogP contribution in [0, 0.1) is 5.92 Å². The van der Waals surface area contributed by atoms with Gasteiger partial charge in [0.1, 0.15) is 6.29 Å². The number of hydrogen-bond acceptors (Lipinski definition) is 1. The van der Waals surface area contributed by atoms with Crippen molar-refractivity contribution in [1.82, 2.24) is 0 Å². The lowest BCUT2D eigenvalue weighted by Gasteiger charge is -2.00. The van der Waals surface area contributed by atoms with Crippen molar-refractivity contribution < 1.29 is 4.79 Å². The van der Waals surface area contributed by atoms with E-state index < -0.39 is 0 Å². The van der Waals surface area contributed by atoms with Crippen molar-refractivity contribution in [3.05, 3.63) is 11.6 Å². The van der Waals surface area contributed by atoms with Gasteiger partial charge in [0.25, 0.3) is 0 Å². The van der Waals surface area contributed by atoms with E-state index in [4.69, 9.17) is 0 Å². The average Bonchev–Trinajstić information content (AvgIpc) is 1.97. The zero-order valence-corrected chi connectivity index (χ0v) is 7.76. The molecule has 1 heteroatoms. The van der Waals surface area contributed by atoms with E-state index >= 15 is 0 Å². The van der Waals surface area contributed by atoms with Crippen LogP contribution in [0.25, 0.3) is 0 Å². The van der Waals surface area contributed by atoms with Gasteiger partial charge in [-0.2, -0.15) is 0 Å².